The molecule has 0 bridgehead atoms. The molecule has 2 aliphatic heterocycles. The number of fused-ring (bicyclic) bond motifs is 1. The van der Waals surface area contributed by atoms with E-state index in [2.05, 4.69) is 5.16 Å². The number of likely N-dealkylation sites (tertiary alicyclic amines) is 1. The van der Waals surface area contributed by atoms with Crippen molar-refractivity contribution in [1.29, 1.82) is 0 Å². The predicted molar refractivity (Wildman–Crippen MR) is 62.7 cm³/mol. The van der Waals surface area contributed by atoms with Crippen molar-refractivity contribution >= 4 is 11.8 Å². The summed E-state index contributed by atoms with van der Waals surface area (Å²) >= 11 is 0. The Morgan fingerprint density at radius 1 is 1.59 bits per heavy atom. The van der Waals surface area contributed by atoms with Gasteiger partial charge in [-0.3, -0.25) is 0 Å². The van der Waals surface area contributed by atoms with Crippen LogP contribution in [0.25, 0.3) is 0 Å². The van der Waals surface area contributed by atoms with Gasteiger partial charge in [0, 0.05) is 13.1 Å². The number of nitrogens with zero attached hydrogens (tertiary/aromatic N) is 2. The molecular weight excluding hydrogens is 222 g/mol. The average molecular weight is 241 g/mol. The molecule has 6 heteroatoms. The highest BCUT2D eigenvalue weighted by atomic mass is 16.6. The molecule has 2 heterocycles. The van der Waals surface area contributed by atoms with E-state index in [0.717, 1.165) is 5.71 Å². The lowest BCUT2D eigenvalue weighted by molar-refractivity contribution is 0.0228. The summed E-state index contributed by atoms with van der Waals surface area (Å²) in [7, 11) is 0. The molecule has 96 valence electrons. The van der Waals surface area contributed by atoms with E-state index >= 15 is 0 Å². The molecule has 1 saturated heterocycles. The van der Waals surface area contributed by atoms with Crippen molar-refractivity contribution in [2.75, 3.05) is 19.6 Å². The molecule has 0 radical (unpaired) electrons. The van der Waals surface area contributed by atoms with E-state index in [0.29, 0.717) is 19.6 Å². The Morgan fingerprint density at radius 3 is 2.88 bits per heavy atom. The maximum Gasteiger partial charge on any atom is 0.410 e. The van der Waals surface area contributed by atoms with Gasteiger partial charge in [-0.05, 0) is 20.8 Å². The fourth-order valence-corrected chi connectivity index (χ4v) is 2.07. The van der Waals surface area contributed by atoms with Gasteiger partial charge >= 0.3 is 6.09 Å². The minimum atomic E-state index is -0.472. The van der Waals surface area contributed by atoms with Crippen molar-refractivity contribution in [2.45, 2.75) is 32.5 Å². The van der Waals surface area contributed by atoms with Gasteiger partial charge in [-0.25, -0.2) is 4.79 Å². The summed E-state index contributed by atoms with van der Waals surface area (Å²) in [4.78, 5) is 18.8. The summed E-state index contributed by atoms with van der Waals surface area (Å²) in [5.74, 6) is 0.132. The van der Waals surface area contributed by atoms with Crippen LogP contribution in [0.15, 0.2) is 5.16 Å². The summed E-state index contributed by atoms with van der Waals surface area (Å²) in [6.45, 7) is 7.03. The first kappa shape index (κ1) is 12.2. The van der Waals surface area contributed by atoms with Gasteiger partial charge in [0.25, 0.3) is 0 Å². The first-order chi connectivity index (χ1) is 7.90. The molecule has 0 aromatic rings. The molecule has 2 aliphatic rings. The first-order valence-corrected chi connectivity index (χ1v) is 5.81. The largest absolute Gasteiger partial charge is 0.444 e. The number of nitrogens with two attached hydrogens (primary N) is 1. The standard InChI is InChI=1S/C11H19N3O3/c1-11(2,3)16-10(15)14-5-7-8(4-12)13-17-9(7)6-14/h7,9H,4-6,12H2,1-3H3/t7-,9+/m1/s1. The minimum Gasteiger partial charge on any atom is -0.444 e. The molecule has 2 atom stereocenters. The molecule has 0 aromatic heterocycles. The Morgan fingerprint density at radius 2 is 2.29 bits per heavy atom. The van der Waals surface area contributed by atoms with Gasteiger partial charge < -0.3 is 20.2 Å². The highest BCUT2D eigenvalue weighted by Gasteiger charge is 2.44. The van der Waals surface area contributed by atoms with Crippen LogP contribution in [0.4, 0.5) is 4.79 Å². The lowest BCUT2D eigenvalue weighted by Gasteiger charge is -2.24. The number of ether oxygens (including phenoxy) is 1. The maximum absolute atomic E-state index is 11.9. The van der Waals surface area contributed by atoms with E-state index in [1.165, 1.54) is 0 Å². The smallest absolute Gasteiger partial charge is 0.410 e. The van der Waals surface area contributed by atoms with Crippen molar-refractivity contribution in [1.82, 2.24) is 4.90 Å². The number of amides is 1. The van der Waals surface area contributed by atoms with Crippen LogP contribution in [-0.2, 0) is 9.57 Å². The lowest BCUT2D eigenvalue weighted by atomic mass is 10.0. The van der Waals surface area contributed by atoms with Gasteiger partial charge in [0.05, 0.1) is 18.2 Å². The summed E-state index contributed by atoms with van der Waals surface area (Å²) < 4.78 is 5.32. The zero-order valence-electron chi connectivity index (χ0n) is 10.5. The van der Waals surface area contributed by atoms with E-state index in [-0.39, 0.29) is 18.1 Å². The van der Waals surface area contributed by atoms with Crippen LogP contribution in [0, 0.1) is 5.92 Å². The van der Waals surface area contributed by atoms with Crippen molar-refractivity contribution in [3.05, 3.63) is 0 Å². The highest BCUT2D eigenvalue weighted by molar-refractivity contribution is 5.90. The Hall–Kier alpha value is -1.30. The quantitative estimate of drug-likeness (QED) is 0.728. The molecule has 1 fully saturated rings. The van der Waals surface area contributed by atoms with E-state index in [4.69, 9.17) is 15.3 Å². The molecule has 2 N–H and O–H groups in total. The van der Waals surface area contributed by atoms with Gasteiger partial charge in [0.2, 0.25) is 0 Å². The number of carbonyl (C=O) groups excluding carboxylic acids is 1. The molecular formula is C11H19N3O3. The van der Waals surface area contributed by atoms with E-state index < -0.39 is 5.60 Å². The normalized spacial score (nSPS) is 27.5. The number of oxime groups is 1. The first-order valence-electron chi connectivity index (χ1n) is 5.81. The van der Waals surface area contributed by atoms with Crippen LogP contribution in [0.2, 0.25) is 0 Å². The Bertz CT molecular complexity index is 348. The summed E-state index contributed by atoms with van der Waals surface area (Å²) in [5.41, 5.74) is 5.93. The Kier molecular flexibility index (Phi) is 2.99. The number of rotatable bonds is 1. The van der Waals surface area contributed by atoms with E-state index in [1.54, 1.807) is 4.90 Å². The summed E-state index contributed by atoms with van der Waals surface area (Å²) in [6.07, 6.45) is -0.354. The van der Waals surface area contributed by atoms with Gasteiger partial charge in [0.1, 0.15) is 5.60 Å². The second-order valence-corrected chi connectivity index (χ2v) is 5.42. The molecule has 0 unspecified atom stereocenters. The molecule has 0 spiro atoms. The number of hydrogen-bond donors (Lipinski definition) is 1. The third kappa shape index (κ3) is 2.52. The Labute approximate surface area is 101 Å². The zero-order chi connectivity index (χ0) is 12.6. The van der Waals surface area contributed by atoms with Crippen LogP contribution in [0.3, 0.4) is 0 Å². The Balaban J connectivity index is 1.95. The minimum absolute atomic E-state index is 0.0546. The van der Waals surface area contributed by atoms with Crippen LogP contribution >= 0.6 is 0 Å². The SMILES string of the molecule is CC(C)(C)OC(=O)N1C[C@@H]2ON=C(CN)[C@H]2C1. The molecule has 0 aliphatic carbocycles. The van der Waals surface area contributed by atoms with Gasteiger partial charge in [-0.1, -0.05) is 5.16 Å². The van der Waals surface area contributed by atoms with Crippen LogP contribution in [-0.4, -0.2) is 48.0 Å². The van der Waals surface area contributed by atoms with Gasteiger partial charge in [-0.15, -0.1) is 0 Å². The van der Waals surface area contributed by atoms with Gasteiger partial charge in [-0.2, -0.15) is 0 Å². The average Bonchev–Trinajstić information content (AvgIpc) is 2.72. The van der Waals surface area contributed by atoms with Crippen LogP contribution in [0.5, 0.6) is 0 Å². The predicted octanol–water partition coefficient (Wildman–Crippen LogP) is 0.567. The topological polar surface area (TPSA) is 77.1 Å². The zero-order valence-corrected chi connectivity index (χ0v) is 10.5. The highest BCUT2D eigenvalue weighted by Crippen LogP contribution is 2.27. The van der Waals surface area contributed by atoms with E-state index in [9.17, 15) is 4.79 Å². The third-order valence-electron chi connectivity index (χ3n) is 2.86. The second kappa shape index (κ2) is 4.18. The lowest BCUT2D eigenvalue weighted by Crippen LogP contribution is -2.36. The maximum atomic E-state index is 11.9. The fraction of sp³-hybridized carbons (Fsp3) is 0.818. The van der Waals surface area contributed by atoms with Crippen molar-refractivity contribution < 1.29 is 14.4 Å². The summed E-state index contributed by atoms with van der Waals surface area (Å²) in [5, 5.41) is 3.92. The molecule has 17 heavy (non-hydrogen) atoms. The second-order valence-electron chi connectivity index (χ2n) is 5.42. The van der Waals surface area contributed by atoms with Crippen molar-refractivity contribution in [3.8, 4) is 0 Å². The number of hydrogen-bond acceptors (Lipinski definition) is 5. The summed E-state index contributed by atoms with van der Waals surface area (Å²) in [6, 6.07) is 0. The number of carbonyl (C=O) groups is 1. The van der Waals surface area contributed by atoms with Crippen molar-refractivity contribution in [2.24, 2.45) is 16.8 Å². The fourth-order valence-electron chi connectivity index (χ4n) is 2.07. The molecule has 0 saturated carbocycles. The van der Waals surface area contributed by atoms with Crippen LogP contribution < -0.4 is 5.73 Å². The molecule has 1 amide bonds. The van der Waals surface area contributed by atoms with Crippen LogP contribution in [0.1, 0.15) is 20.8 Å². The van der Waals surface area contributed by atoms with Crippen molar-refractivity contribution in [3.63, 3.8) is 0 Å². The third-order valence-corrected chi connectivity index (χ3v) is 2.86. The molecule has 0 aromatic carbocycles. The van der Waals surface area contributed by atoms with E-state index in [1.807, 2.05) is 20.8 Å². The monoisotopic (exact) mass is 241 g/mol. The molecule has 2 rings (SSSR count). The molecule has 6 nitrogen and oxygen atoms in total. The van der Waals surface area contributed by atoms with Gasteiger partial charge in [0.15, 0.2) is 6.10 Å².